The first-order valence-electron chi connectivity index (χ1n) is 15.6. The molecule has 4 heteroatoms. The number of hydrogen-bond acceptors (Lipinski definition) is 2. The van der Waals surface area contributed by atoms with Gasteiger partial charge in [-0.1, -0.05) is 115 Å². The Balaban J connectivity index is 1.38. The third kappa shape index (κ3) is 3.55. The smallest absolute Gasteiger partial charge is 0.146 e. The Labute approximate surface area is 264 Å². The van der Waals surface area contributed by atoms with Crippen LogP contribution in [0.25, 0.3) is 88.4 Å². The van der Waals surface area contributed by atoms with E-state index in [4.69, 9.17) is 9.97 Å². The molecule has 0 aliphatic heterocycles. The maximum atomic E-state index is 5.34. The van der Waals surface area contributed by atoms with Crippen LogP contribution in [0.2, 0.25) is 0 Å². The van der Waals surface area contributed by atoms with Crippen molar-refractivity contribution in [2.45, 2.75) is 0 Å². The van der Waals surface area contributed by atoms with Crippen molar-refractivity contribution in [1.29, 1.82) is 0 Å². The summed E-state index contributed by atoms with van der Waals surface area (Å²) < 4.78 is 4.67. The minimum Gasteiger partial charge on any atom is -0.294 e. The van der Waals surface area contributed by atoms with Crippen molar-refractivity contribution in [2.75, 3.05) is 0 Å². The monoisotopic (exact) mass is 586 g/mol. The van der Waals surface area contributed by atoms with E-state index in [1.807, 2.05) is 6.07 Å². The van der Waals surface area contributed by atoms with Gasteiger partial charge in [-0.25, -0.2) is 9.97 Å². The molecule has 10 aromatic rings. The number of hydrogen-bond donors (Lipinski definition) is 0. The molecule has 4 nitrogen and oxygen atoms in total. The van der Waals surface area contributed by atoms with E-state index in [1.54, 1.807) is 0 Å². The van der Waals surface area contributed by atoms with Crippen LogP contribution in [0.15, 0.2) is 158 Å². The van der Waals surface area contributed by atoms with E-state index in [0.717, 1.165) is 66.8 Å². The fraction of sp³-hybridized carbons (Fsp3) is 0. The summed E-state index contributed by atoms with van der Waals surface area (Å²) in [6.45, 7) is 0. The molecule has 0 aliphatic rings. The molecule has 46 heavy (non-hydrogen) atoms. The van der Waals surface area contributed by atoms with Crippen LogP contribution in [0.3, 0.4) is 0 Å². The number of aromatic nitrogens is 4. The quantitative estimate of drug-likeness (QED) is 0.193. The molecule has 10 rings (SSSR count). The topological polar surface area (TPSA) is 35.1 Å². The van der Waals surface area contributed by atoms with E-state index in [1.165, 1.54) is 21.5 Å². The first-order valence-corrected chi connectivity index (χ1v) is 15.6. The van der Waals surface area contributed by atoms with E-state index >= 15 is 0 Å². The molecule has 214 valence electrons. The van der Waals surface area contributed by atoms with Crippen molar-refractivity contribution >= 4 is 60.2 Å². The largest absolute Gasteiger partial charge is 0.294 e. The van der Waals surface area contributed by atoms with Gasteiger partial charge in [0.1, 0.15) is 11.5 Å². The van der Waals surface area contributed by atoms with Crippen LogP contribution < -0.4 is 0 Å². The van der Waals surface area contributed by atoms with Gasteiger partial charge in [-0.05, 0) is 59.0 Å². The second kappa shape index (κ2) is 9.62. The van der Waals surface area contributed by atoms with Crippen LogP contribution >= 0.6 is 0 Å². The van der Waals surface area contributed by atoms with Crippen LogP contribution in [-0.4, -0.2) is 18.9 Å². The van der Waals surface area contributed by atoms with Gasteiger partial charge in [0.25, 0.3) is 0 Å². The highest BCUT2D eigenvalue weighted by Crippen LogP contribution is 2.42. The van der Waals surface area contributed by atoms with Crippen LogP contribution in [0.1, 0.15) is 0 Å². The highest BCUT2D eigenvalue weighted by molar-refractivity contribution is 6.29. The summed E-state index contributed by atoms with van der Waals surface area (Å²) in [6, 6.07) is 55.8. The Bertz CT molecular complexity index is 2730. The lowest BCUT2D eigenvalue weighted by atomic mass is 10.0. The normalized spacial score (nSPS) is 11.9. The number of pyridine rings is 2. The highest BCUT2D eigenvalue weighted by atomic mass is 15.1. The molecule has 0 unspecified atom stereocenters. The zero-order valence-corrected chi connectivity index (χ0v) is 24.8. The Morgan fingerprint density at radius 1 is 0.391 bits per heavy atom. The predicted octanol–water partition coefficient (Wildman–Crippen LogP) is 10.6. The Morgan fingerprint density at radius 3 is 1.80 bits per heavy atom. The van der Waals surface area contributed by atoms with Crippen molar-refractivity contribution in [3.8, 4) is 28.2 Å². The zero-order chi connectivity index (χ0) is 30.2. The van der Waals surface area contributed by atoms with Crippen molar-refractivity contribution in [1.82, 2.24) is 18.9 Å². The van der Waals surface area contributed by atoms with Crippen LogP contribution in [0.4, 0.5) is 0 Å². The van der Waals surface area contributed by atoms with Crippen molar-refractivity contribution in [3.05, 3.63) is 158 Å². The van der Waals surface area contributed by atoms with Crippen molar-refractivity contribution < 1.29 is 0 Å². The van der Waals surface area contributed by atoms with Gasteiger partial charge < -0.3 is 0 Å². The second-order valence-electron chi connectivity index (χ2n) is 11.8. The van der Waals surface area contributed by atoms with Gasteiger partial charge in [-0.3, -0.25) is 8.97 Å². The first-order chi connectivity index (χ1) is 22.8. The highest BCUT2D eigenvalue weighted by Gasteiger charge is 2.21. The summed E-state index contributed by atoms with van der Waals surface area (Å²) >= 11 is 0. The molecule has 4 aromatic heterocycles. The molecule has 0 amide bonds. The van der Waals surface area contributed by atoms with Gasteiger partial charge in [0.05, 0.1) is 33.3 Å². The number of fused-ring (bicyclic) bond motifs is 12. The maximum absolute atomic E-state index is 5.34. The first kappa shape index (κ1) is 25.1. The Morgan fingerprint density at radius 2 is 1.00 bits per heavy atom. The third-order valence-electron chi connectivity index (χ3n) is 9.27. The molecule has 0 radical (unpaired) electrons. The standard InChI is InChI=1S/C42H26N4/c1-3-13-27(14-4-1)29-25-34(28-15-5-2-6-16-28)43-39(26-29)45-35-21-11-9-19-32(35)41-37(45)23-24-38-40(41)30-17-7-8-18-31(30)42-44-33-20-10-12-22-36(33)46(38)42/h1-26H. The minimum atomic E-state index is 0.893. The average Bonchev–Trinajstić information content (AvgIpc) is 3.69. The van der Waals surface area contributed by atoms with E-state index in [0.29, 0.717) is 0 Å². The number of benzene rings is 6. The average molecular weight is 587 g/mol. The number of para-hydroxylation sites is 3. The fourth-order valence-corrected chi connectivity index (χ4v) is 7.29. The van der Waals surface area contributed by atoms with E-state index in [9.17, 15) is 0 Å². The van der Waals surface area contributed by atoms with Crippen LogP contribution in [0, 0.1) is 0 Å². The number of imidazole rings is 1. The summed E-state index contributed by atoms with van der Waals surface area (Å²) in [5, 5.41) is 5.99. The SMILES string of the molecule is c1ccc(-c2cc(-c3ccccc3)nc(-n3c4ccccc4c4c5c6ccccc6c6nc7ccccc7n6c5ccc43)c2)cc1. The zero-order valence-electron chi connectivity index (χ0n) is 24.8. The molecular weight excluding hydrogens is 560 g/mol. The molecule has 0 saturated heterocycles. The molecule has 0 fully saturated rings. The number of rotatable bonds is 3. The van der Waals surface area contributed by atoms with Gasteiger partial charge in [-0.15, -0.1) is 0 Å². The van der Waals surface area contributed by atoms with Gasteiger partial charge in [-0.2, -0.15) is 0 Å². The summed E-state index contributed by atoms with van der Waals surface area (Å²) in [4.78, 5) is 10.5. The molecular formula is C42H26N4. The second-order valence-corrected chi connectivity index (χ2v) is 11.8. The summed E-state index contributed by atoms with van der Waals surface area (Å²) in [5.74, 6) is 0.893. The molecule has 0 saturated carbocycles. The lowest BCUT2D eigenvalue weighted by Gasteiger charge is -2.14. The Kier molecular flexibility index (Phi) is 5.25. The number of nitrogens with zero attached hydrogens (tertiary/aromatic N) is 4. The minimum absolute atomic E-state index is 0.893. The molecule has 0 N–H and O–H groups in total. The summed E-state index contributed by atoms with van der Waals surface area (Å²) in [5.41, 5.74) is 10.8. The maximum Gasteiger partial charge on any atom is 0.146 e. The van der Waals surface area contributed by atoms with E-state index in [-0.39, 0.29) is 0 Å². The summed E-state index contributed by atoms with van der Waals surface area (Å²) in [6.07, 6.45) is 0. The Hall–Kier alpha value is -6.26. The van der Waals surface area contributed by atoms with Gasteiger partial charge in [0, 0.05) is 27.1 Å². The lowest BCUT2D eigenvalue weighted by Crippen LogP contribution is -2.00. The molecule has 6 aromatic carbocycles. The van der Waals surface area contributed by atoms with Crippen molar-refractivity contribution in [2.24, 2.45) is 0 Å². The van der Waals surface area contributed by atoms with Gasteiger partial charge >= 0.3 is 0 Å². The molecule has 0 bridgehead atoms. The summed E-state index contributed by atoms with van der Waals surface area (Å²) in [7, 11) is 0. The third-order valence-corrected chi connectivity index (χ3v) is 9.27. The lowest BCUT2D eigenvalue weighted by molar-refractivity contribution is 1.08. The molecule has 4 heterocycles. The van der Waals surface area contributed by atoms with Crippen LogP contribution in [0.5, 0.6) is 0 Å². The van der Waals surface area contributed by atoms with E-state index in [2.05, 4.69) is 161 Å². The molecule has 0 aliphatic carbocycles. The van der Waals surface area contributed by atoms with Crippen molar-refractivity contribution in [3.63, 3.8) is 0 Å². The predicted molar refractivity (Wildman–Crippen MR) is 191 cm³/mol. The van der Waals surface area contributed by atoms with Gasteiger partial charge in [0.2, 0.25) is 0 Å². The molecule has 0 atom stereocenters. The fourth-order valence-electron chi connectivity index (χ4n) is 7.29. The van der Waals surface area contributed by atoms with Crippen LogP contribution in [-0.2, 0) is 0 Å². The molecule has 0 spiro atoms. The van der Waals surface area contributed by atoms with E-state index < -0.39 is 0 Å². The van der Waals surface area contributed by atoms with Gasteiger partial charge in [0.15, 0.2) is 0 Å².